The van der Waals surface area contributed by atoms with Gasteiger partial charge in [-0.05, 0) is 39.7 Å². The maximum absolute atomic E-state index is 13.0. The molecule has 2 aromatic rings. The maximum atomic E-state index is 13.0. The fraction of sp³-hybridized carbons (Fsp3) is 0.0714. The smallest absolute Gasteiger partial charge is 0.269 e. The molecule has 0 saturated carbocycles. The fourth-order valence-corrected chi connectivity index (χ4v) is 2.30. The molecule has 0 aliphatic carbocycles. The summed E-state index contributed by atoms with van der Waals surface area (Å²) >= 11 is 3.14. The van der Waals surface area contributed by atoms with Crippen molar-refractivity contribution in [3.05, 3.63) is 74.0 Å². The molecule has 0 heterocycles. The van der Waals surface area contributed by atoms with Gasteiger partial charge in [-0.2, -0.15) is 0 Å². The lowest BCUT2D eigenvalue weighted by molar-refractivity contribution is -0.384. The van der Waals surface area contributed by atoms with E-state index >= 15 is 0 Å². The van der Waals surface area contributed by atoms with Crippen molar-refractivity contribution in [1.82, 2.24) is 0 Å². The highest BCUT2D eigenvalue weighted by molar-refractivity contribution is 9.10. The molecule has 0 aromatic heterocycles. The van der Waals surface area contributed by atoms with Crippen LogP contribution < -0.4 is 0 Å². The number of hydrogen-bond acceptors (Lipinski definition) is 3. The lowest BCUT2D eigenvalue weighted by Gasteiger charge is -2.04. The number of rotatable bonds is 4. The van der Waals surface area contributed by atoms with Gasteiger partial charge in [-0.25, -0.2) is 4.39 Å². The molecular formula is C14H9BrFNO3. The highest BCUT2D eigenvalue weighted by Gasteiger charge is 2.12. The summed E-state index contributed by atoms with van der Waals surface area (Å²) in [5.74, 6) is -0.616. The van der Waals surface area contributed by atoms with Gasteiger partial charge >= 0.3 is 0 Å². The molecule has 0 bridgehead atoms. The average molecular weight is 338 g/mol. The van der Waals surface area contributed by atoms with Crippen LogP contribution in [0.25, 0.3) is 0 Å². The molecule has 0 radical (unpaired) electrons. The Bertz CT molecular complexity index is 671. The molecule has 0 aliphatic heterocycles. The van der Waals surface area contributed by atoms with Crippen molar-refractivity contribution in [2.24, 2.45) is 0 Å². The first-order chi connectivity index (χ1) is 9.47. The molecule has 0 atom stereocenters. The number of nitro benzene ring substituents is 1. The Balaban J connectivity index is 2.17. The monoisotopic (exact) mass is 337 g/mol. The topological polar surface area (TPSA) is 60.2 Å². The second-order valence-electron chi connectivity index (χ2n) is 4.15. The SMILES string of the molecule is O=C(Cc1ccc([N+](=O)[O-])cc1)c1ccc(F)cc1Br. The van der Waals surface area contributed by atoms with Crippen molar-refractivity contribution in [2.75, 3.05) is 0 Å². The molecule has 20 heavy (non-hydrogen) atoms. The number of non-ortho nitro benzene ring substituents is 1. The molecule has 2 rings (SSSR count). The normalized spacial score (nSPS) is 10.3. The Kier molecular flexibility index (Phi) is 4.24. The van der Waals surface area contributed by atoms with Gasteiger partial charge in [-0.1, -0.05) is 12.1 Å². The van der Waals surface area contributed by atoms with E-state index in [1.54, 1.807) is 0 Å². The molecule has 0 saturated heterocycles. The summed E-state index contributed by atoms with van der Waals surface area (Å²) in [4.78, 5) is 22.1. The van der Waals surface area contributed by atoms with Crippen LogP contribution in [0.4, 0.5) is 10.1 Å². The van der Waals surface area contributed by atoms with Crippen molar-refractivity contribution < 1.29 is 14.1 Å². The quantitative estimate of drug-likeness (QED) is 0.482. The molecule has 0 aliphatic rings. The van der Waals surface area contributed by atoms with Gasteiger partial charge < -0.3 is 0 Å². The van der Waals surface area contributed by atoms with Crippen LogP contribution in [-0.4, -0.2) is 10.7 Å². The highest BCUT2D eigenvalue weighted by atomic mass is 79.9. The minimum absolute atomic E-state index is 0.0239. The van der Waals surface area contributed by atoms with E-state index in [4.69, 9.17) is 0 Å². The zero-order chi connectivity index (χ0) is 14.7. The molecule has 0 spiro atoms. The van der Waals surface area contributed by atoms with Gasteiger partial charge in [0, 0.05) is 28.6 Å². The lowest BCUT2D eigenvalue weighted by atomic mass is 10.0. The maximum Gasteiger partial charge on any atom is 0.269 e. The van der Waals surface area contributed by atoms with E-state index in [2.05, 4.69) is 15.9 Å². The van der Waals surface area contributed by atoms with Crippen molar-refractivity contribution in [1.29, 1.82) is 0 Å². The molecule has 0 N–H and O–H groups in total. The molecule has 4 nitrogen and oxygen atoms in total. The van der Waals surface area contributed by atoms with Crippen LogP contribution in [-0.2, 0) is 6.42 Å². The summed E-state index contributed by atoms with van der Waals surface area (Å²) in [5, 5.41) is 10.5. The number of benzene rings is 2. The predicted molar refractivity (Wildman–Crippen MR) is 75.2 cm³/mol. The van der Waals surface area contributed by atoms with E-state index in [-0.39, 0.29) is 17.9 Å². The number of carbonyl (C=O) groups is 1. The second kappa shape index (κ2) is 5.92. The third kappa shape index (κ3) is 3.27. The Hall–Kier alpha value is -2.08. The number of halogens is 2. The van der Waals surface area contributed by atoms with Crippen LogP contribution in [0.5, 0.6) is 0 Å². The van der Waals surface area contributed by atoms with Gasteiger partial charge in [0.2, 0.25) is 0 Å². The van der Waals surface area contributed by atoms with Crippen molar-refractivity contribution in [3.8, 4) is 0 Å². The van der Waals surface area contributed by atoms with E-state index < -0.39 is 10.7 Å². The van der Waals surface area contributed by atoms with E-state index in [1.807, 2.05) is 0 Å². The van der Waals surface area contributed by atoms with Crippen LogP contribution in [0, 0.1) is 15.9 Å². The third-order valence-corrected chi connectivity index (χ3v) is 3.40. The van der Waals surface area contributed by atoms with Gasteiger partial charge in [0.1, 0.15) is 5.82 Å². The van der Waals surface area contributed by atoms with E-state index in [0.29, 0.717) is 15.6 Å². The number of hydrogen-bond donors (Lipinski definition) is 0. The lowest BCUT2D eigenvalue weighted by Crippen LogP contribution is -2.04. The summed E-state index contributed by atoms with van der Waals surface area (Å²) in [7, 11) is 0. The number of nitro groups is 1. The Morgan fingerprint density at radius 2 is 1.85 bits per heavy atom. The Labute approximate surface area is 122 Å². The van der Waals surface area contributed by atoms with Crippen molar-refractivity contribution in [3.63, 3.8) is 0 Å². The first kappa shape index (κ1) is 14.3. The van der Waals surface area contributed by atoms with E-state index in [0.717, 1.165) is 0 Å². The second-order valence-corrected chi connectivity index (χ2v) is 5.00. The Morgan fingerprint density at radius 3 is 2.40 bits per heavy atom. The zero-order valence-corrected chi connectivity index (χ0v) is 11.8. The van der Waals surface area contributed by atoms with Crippen molar-refractivity contribution >= 4 is 27.4 Å². The summed E-state index contributed by atoms with van der Waals surface area (Å²) in [6.07, 6.45) is 0.0994. The molecule has 0 unspecified atom stereocenters. The summed E-state index contributed by atoms with van der Waals surface area (Å²) < 4.78 is 13.3. The Morgan fingerprint density at radius 1 is 1.20 bits per heavy atom. The largest absolute Gasteiger partial charge is 0.294 e. The molecule has 102 valence electrons. The molecule has 0 fully saturated rings. The fourth-order valence-electron chi connectivity index (χ4n) is 1.73. The summed E-state index contributed by atoms with van der Waals surface area (Å²) in [6, 6.07) is 9.62. The number of ketones is 1. The minimum Gasteiger partial charge on any atom is -0.294 e. The number of Topliss-reactive ketones (excluding diaryl/α,β-unsaturated/α-hetero) is 1. The van der Waals surface area contributed by atoms with E-state index in [1.165, 1.54) is 42.5 Å². The van der Waals surface area contributed by atoms with Crippen LogP contribution >= 0.6 is 15.9 Å². The molecule has 2 aromatic carbocycles. The van der Waals surface area contributed by atoms with Gasteiger partial charge in [0.25, 0.3) is 5.69 Å². The first-order valence-corrected chi connectivity index (χ1v) is 6.48. The number of nitrogens with zero attached hydrogens (tertiary/aromatic N) is 1. The molecule has 0 amide bonds. The first-order valence-electron chi connectivity index (χ1n) is 5.69. The van der Waals surface area contributed by atoms with Gasteiger partial charge in [-0.3, -0.25) is 14.9 Å². The summed E-state index contributed by atoms with van der Waals surface area (Å²) in [5.41, 5.74) is 1.02. The van der Waals surface area contributed by atoms with Crippen LogP contribution in [0.15, 0.2) is 46.9 Å². The third-order valence-electron chi connectivity index (χ3n) is 2.74. The molecule has 6 heteroatoms. The van der Waals surface area contributed by atoms with Crippen LogP contribution in [0.1, 0.15) is 15.9 Å². The standard InChI is InChI=1S/C14H9BrFNO3/c15-13-8-10(16)3-6-12(13)14(18)7-9-1-4-11(5-2-9)17(19)20/h1-6,8H,7H2. The number of carbonyl (C=O) groups excluding carboxylic acids is 1. The van der Waals surface area contributed by atoms with Gasteiger partial charge in [0.15, 0.2) is 5.78 Å². The minimum atomic E-state index is -0.498. The van der Waals surface area contributed by atoms with Gasteiger partial charge in [-0.15, -0.1) is 0 Å². The average Bonchev–Trinajstić information content (AvgIpc) is 2.39. The van der Waals surface area contributed by atoms with Crippen LogP contribution in [0.2, 0.25) is 0 Å². The highest BCUT2D eigenvalue weighted by Crippen LogP contribution is 2.20. The predicted octanol–water partition coefficient (Wildman–Crippen LogP) is 3.92. The van der Waals surface area contributed by atoms with Crippen LogP contribution in [0.3, 0.4) is 0 Å². The zero-order valence-electron chi connectivity index (χ0n) is 10.2. The van der Waals surface area contributed by atoms with Gasteiger partial charge in [0.05, 0.1) is 4.92 Å². The van der Waals surface area contributed by atoms with Crippen molar-refractivity contribution in [2.45, 2.75) is 6.42 Å². The summed E-state index contributed by atoms with van der Waals surface area (Å²) in [6.45, 7) is 0. The molecular weight excluding hydrogens is 329 g/mol. The van der Waals surface area contributed by atoms with E-state index in [9.17, 15) is 19.3 Å².